The first-order valence-electron chi connectivity index (χ1n) is 7.02. The average molecular weight is 289 g/mol. The van der Waals surface area contributed by atoms with Gasteiger partial charge in [-0.2, -0.15) is 0 Å². The Kier molecular flexibility index (Phi) is 4.57. The molecule has 2 heterocycles. The molecule has 7 heteroatoms. The van der Waals surface area contributed by atoms with E-state index >= 15 is 0 Å². The molecule has 2 fully saturated rings. The normalized spacial score (nSPS) is 26.6. The molecule has 2 amide bonds. The van der Waals surface area contributed by atoms with Gasteiger partial charge in [-0.1, -0.05) is 0 Å². The third kappa shape index (κ3) is 3.88. The third-order valence-corrected chi connectivity index (χ3v) is 3.97. The van der Waals surface area contributed by atoms with Gasteiger partial charge >= 0.3 is 0 Å². The van der Waals surface area contributed by atoms with Crippen LogP contribution in [0.25, 0.3) is 0 Å². The van der Waals surface area contributed by atoms with Crippen molar-refractivity contribution in [1.29, 1.82) is 0 Å². The van der Waals surface area contributed by atoms with Gasteiger partial charge in [0.25, 0.3) is 5.92 Å². The maximum Gasteiger partial charge on any atom is 0.262 e. The second-order valence-electron chi connectivity index (χ2n) is 5.70. The maximum atomic E-state index is 13.1. The lowest BCUT2D eigenvalue weighted by atomic mass is 9.96. The Morgan fingerprint density at radius 3 is 2.50 bits per heavy atom. The van der Waals surface area contributed by atoms with E-state index in [1.807, 2.05) is 0 Å². The third-order valence-electron chi connectivity index (χ3n) is 3.97. The largest absolute Gasteiger partial charge is 0.356 e. The Bertz CT molecular complexity index is 382. The van der Waals surface area contributed by atoms with Crippen molar-refractivity contribution < 1.29 is 18.4 Å². The zero-order valence-corrected chi connectivity index (χ0v) is 11.6. The molecule has 0 bridgehead atoms. The van der Waals surface area contributed by atoms with Gasteiger partial charge in [-0.3, -0.25) is 14.9 Å². The highest BCUT2D eigenvalue weighted by atomic mass is 19.3. The fourth-order valence-electron chi connectivity index (χ4n) is 2.76. The molecule has 2 aliphatic rings. The van der Waals surface area contributed by atoms with E-state index in [0.29, 0.717) is 25.6 Å². The molecule has 1 unspecified atom stereocenters. The summed E-state index contributed by atoms with van der Waals surface area (Å²) in [6.07, 6.45) is 1.20. The van der Waals surface area contributed by atoms with E-state index < -0.39 is 24.9 Å². The van der Waals surface area contributed by atoms with Crippen molar-refractivity contribution in [2.75, 3.05) is 26.2 Å². The van der Waals surface area contributed by atoms with E-state index in [1.165, 1.54) is 6.92 Å². The fourth-order valence-corrected chi connectivity index (χ4v) is 2.76. The van der Waals surface area contributed by atoms with Crippen LogP contribution in [0.15, 0.2) is 0 Å². The number of hydrogen-bond donors (Lipinski definition) is 2. The van der Waals surface area contributed by atoms with E-state index in [9.17, 15) is 18.4 Å². The lowest BCUT2D eigenvalue weighted by molar-refractivity contribution is -0.135. The SMILES string of the molecule is CC(=O)NCC1CCN(C(=O)C2CC(F)(F)CN2)CC1. The van der Waals surface area contributed by atoms with Crippen LogP contribution in [0.5, 0.6) is 0 Å². The molecule has 2 rings (SSSR count). The number of likely N-dealkylation sites (tertiary alicyclic amines) is 1. The highest BCUT2D eigenvalue weighted by Gasteiger charge is 2.43. The first-order valence-corrected chi connectivity index (χ1v) is 7.02. The van der Waals surface area contributed by atoms with E-state index in [-0.39, 0.29) is 11.8 Å². The molecule has 0 aromatic heterocycles. The molecule has 0 spiro atoms. The Labute approximate surface area is 117 Å². The molecular formula is C13H21F2N3O2. The number of alkyl halides is 2. The van der Waals surface area contributed by atoms with Crippen molar-refractivity contribution in [2.24, 2.45) is 5.92 Å². The van der Waals surface area contributed by atoms with Crippen molar-refractivity contribution in [2.45, 2.75) is 38.2 Å². The molecule has 5 nitrogen and oxygen atoms in total. The number of nitrogens with zero attached hydrogens (tertiary/aromatic N) is 1. The van der Waals surface area contributed by atoms with Crippen LogP contribution < -0.4 is 10.6 Å². The van der Waals surface area contributed by atoms with Crippen molar-refractivity contribution in [3.05, 3.63) is 0 Å². The second-order valence-corrected chi connectivity index (χ2v) is 5.70. The van der Waals surface area contributed by atoms with Gasteiger partial charge in [0.1, 0.15) is 0 Å². The number of rotatable bonds is 3. The molecule has 2 N–H and O–H groups in total. The van der Waals surface area contributed by atoms with E-state index in [1.54, 1.807) is 4.90 Å². The van der Waals surface area contributed by atoms with Gasteiger partial charge < -0.3 is 10.2 Å². The molecule has 0 aromatic rings. The van der Waals surface area contributed by atoms with Gasteiger partial charge in [0.2, 0.25) is 11.8 Å². The Balaban J connectivity index is 1.76. The van der Waals surface area contributed by atoms with Crippen molar-refractivity contribution in [3.8, 4) is 0 Å². The molecule has 1 atom stereocenters. The predicted octanol–water partition coefficient (Wildman–Crippen LogP) is 0.358. The lowest BCUT2D eigenvalue weighted by Crippen LogP contribution is -2.48. The van der Waals surface area contributed by atoms with Gasteiger partial charge in [-0.05, 0) is 18.8 Å². The zero-order valence-electron chi connectivity index (χ0n) is 11.6. The van der Waals surface area contributed by atoms with Crippen LogP contribution in [0.3, 0.4) is 0 Å². The smallest absolute Gasteiger partial charge is 0.262 e. The molecule has 0 saturated carbocycles. The number of piperidine rings is 1. The summed E-state index contributed by atoms with van der Waals surface area (Å²) in [6, 6.07) is -0.753. The van der Waals surface area contributed by atoms with Gasteiger partial charge in [-0.15, -0.1) is 0 Å². The first kappa shape index (κ1) is 15.2. The van der Waals surface area contributed by atoms with Crippen LogP contribution in [-0.2, 0) is 9.59 Å². The highest BCUT2D eigenvalue weighted by Crippen LogP contribution is 2.27. The summed E-state index contributed by atoms with van der Waals surface area (Å²) < 4.78 is 26.2. The molecule has 114 valence electrons. The summed E-state index contributed by atoms with van der Waals surface area (Å²) >= 11 is 0. The molecule has 0 aromatic carbocycles. The second kappa shape index (κ2) is 6.03. The van der Waals surface area contributed by atoms with Crippen LogP contribution in [0, 0.1) is 5.92 Å². The summed E-state index contributed by atoms with van der Waals surface area (Å²) in [6.45, 7) is 2.84. The van der Waals surface area contributed by atoms with Crippen LogP contribution in [0.1, 0.15) is 26.2 Å². The number of carbonyl (C=O) groups excluding carboxylic acids is 2. The Morgan fingerprint density at radius 2 is 2.00 bits per heavy atom. The van der Waals surface area contributed by atoms with E-state index in [2.05, 4.69) is 10.6 Å². The summed E-state index contributed by atoms with van der Waals surface area (Å²) in [7, 11) is 0. The van der Waals surface area contributed by atoms with Gasteiger partial charge in [0, 0.05) is 33.0 Å². The van der Waals surface area contributed by atoms with Crippen LogP contribution in [0.2, 0.25) is 0 Å². The minimum Gasteiger partial charge on any atom is -0.356 e. The molecule has 0 radical (unpaired) electrons. The Hall–Kier alpha value is -1.24. The van der Waals surface area contributed by atoms with Crippen LogP contribution >= 0.6 is 0 Å². The highest BCUT2D eigenvalue weighted by molar-refractivity contribution is 5.82. The van der Waals surface area contributed by atoms with Crippen molar-refractivity contribution in [1.82, 2.24) is 15.5 Å². The van der Waals surface area contributed by atoms with Gasteiger partial charge in [-0.25, -0.2) is 8.78 Å². The molecule has 0 aliphatic carbocycles. The predicted molar refractivity (Wildman–Crippen MR) is 69.3 cm³/mol. The number of nitrogens with one attached hydrogen (secondary N) is 2. The number of carbonyl (C=O) groups is 2. The van der Waals surface area contributed by atoms with E-state index in [0.717, 1.165) is 12.8 Å². The topological polar surface area (TPSA) is 61.4 Å². The number of amides is 2. The zero-order chi connectivity index (χ0) is 14.8. The van der Waals surface area contributed by atoms with Crippen molar-refractivity contribution in [3.63, 3.8) is 0 Å². The first-order chi connectivity index (χ1) is 9.37. The number of halogens is 2. The summed E-state index contributed by atoms with van der Waals surface area (Å²) in [5.74, 6) is -2.69. The molecule has 2 aliphatic heterocycles. The van der Waals surface area contributed by atoms with E-state index in [4.69, 9.17) is 0 Å². The molecular weight excluding hydrogens is 268 g/mol. The lowest BCUT2D eigenvalue weighted by Gasteiger charge is -2.33. The van der Waals surface area contributed by atoms with Gasteiger partial charge in [0.05, 0.1) is 12.6 Å². The molecule has 20 heavy (non-hydrogen) atoms. The minimum absolute atomic E-state index is 0.0547. The number of hydrogen-bond acceptors (Lipinski definition) is 3. The quantitative estimate of drug-likeness (QED) is 0.788. The summed E-state index contributed by atoms with van der Waals surface area (Å²) in [5, 5.41) is 5.37. The fraction of sp³-hybridized carbons (Fsp3) is 0.846. The standard InChI is InChI=1S/C13H21F2N3O2/c1-9(19)16-7-10-2-4-18(5-3-10)12(20)11-6-13(14,15)8-17-11/h10-11,17H,2-8H2,1H3,(H,16,19). The summed E-state index contributed by atoms with van der Waals surface area (Å²) in [5.41, 5.74) is 0. The average Bonchev–Trinajstić information content (AvgIpc) is 2.76. The Morgan fingerprint density at radius 1 is 1.35 bits per heavy atom. The van der Waals surface area contributed by atoms with Crippen molar-refractivity contribution >= 4 is 11.8 Å². The summed E-state index contributed by atoms with van der Waals surface area (Å²) in [4.78, 5) is 24.6. The molecule has 2 saturated heterocycles. The van der Waals surface area contributed by atoms with Crippen LogP contribution in [0.4, 0.5) is 8.78 Å². The maximum absolute atomic E-state index is 13.1. The van der Waals surface area contributed by atoms with Crippen LogP contribution in [-0.4, -0.2) is 54.9 Å². The van der Waals surface area contributed by atoms with Gasteiger partial charge in [0.15, 0.2) is 0 Å². The minimum atomic E-state index is -2.77. The monoisotopic (exact) mass is 289 g/mol.